The monoisotopic (exact) mass is 395 g/mol. The number of benzene rings is 1. The summed E-state index contributed by atoms with van der Waals surface area (Å²) < 4.78 is 5.81. The zero-order valence-electron chi connectivity index (χ0n) is 16.5. The lowest BCUT2D eigenvalue weighted by Gasteiger charge is -2.34. The van der Waals surface area contributed by atoms with Gasteiger partial charge in [-0.3, -0.25) is 19.8 Å². The van der Waals surface area contributed by atoms with Crippen molar-refractivity contribution in [2.45, 2.75) is 25.8 Å². The van der Waals surface area contributed by atoms with Crippen LogP contribution in [0.1, 0.15) is 36.3 Å². The van der Waals surface area contributed by atoms with Gasteiger partial charge in [-0.15, -0.1) is 0 Å². The fraction of sp³-hybridized carbons (Fsp3) is 0.409. The first kappa shape index (κ1) is 19.4. The molecule has 2 aromatic rings. The van der Waals surface area contributed by atoms with Gasteiger partial charge in [-0.05, 0) is 36.1 Å². The molecule has 7 heteroatoms. The first-order chi connectivity index (χ1) is 14.0. The number of nitrogens with zero attached hydrogens (tertiary/aromatic N) is 3. The number of carbonyl (C=O) groups is 1. The van der Waals surface area contributed by atoms with Gasteiger partial charge in [0, 0.05) is 56.9 Å². The van der Waals surface area contributed by atoms with Crippen molar-refractivity contribution in [1.29, 1.82) is 0 Å². The van der Waals surface area contributed by atoms with Crippen molar-refractivity contribution in [3.05, 3.63) is 69.7 Å². The molecule has 1 aliphatic carbocycles. The second-order valence-electron chi connectivity index (χ2n) is 7.92. The largest absolute Gasteiger partial charge is 0.461 e. The summed E-state index contributed by atoms with van der Waals surface area (Å²) in [6.07, 6.45) is 4.50. The van der Waals surface area contributed by atoms with E-state index in [2.05, 4.69) is 11.8 Å². The molecule has 29 heavy (non-hydrogen) atoms. The lowest BCUT2D eigenvalue weighted by molar-refractivity contribution is -0.384. The molecule has 1 saturated carbocycles. The normalized spacial score (nSPS) is 22.2. The highest BCUT2D eigenvalue weighted by atomic mass is 16.6. The minimum atomic E-state index is -0.375. The molecule has 0 spiro atoms. The fourth-order valence-corrected chi connectivity index (χ4v) is 3.79. The van der Waals surface area contributed by atoms with Gasteiger partial charge in [-0.25, -0.2) is 0 Å². The maximum Gasteiger partial charge on any atom is 0.269 e. The van der Waals surface area contributed by atoms with E-state index in [1.165, 1.54) is 12.5 Å². The second kappa shape index (κ2) is 8.21. The van der Waals surface area contributed by atoms with Crippen molar-refractivity contribution in [3.8, 4) is 0 Å². The summed E-state index contributed by atoms with van der Waals surface area (Å²) in [5.41, 5.74) is 1.02. The maximum absolute atomic E-state index is 12.5. The van der Waals surface area contributed by atoms with Crippen molar-refractivity contribution in [2.75, 3.05) is 26.2 Å². The molecule has 7 nitrogen and oxygen atoms in total. The van der Waals surface area contributed by atoms with E-state index in [0.717, 1.165) is 30.2 Å². The predicted octanol–water partition coefficient (Wildman–Crippen LogP) is 3.67. The Hall–Kier alpha value is -2.93. The molecule has 0 N–H and O–H groups in total. The van der Waals surface area contributed by atoms with Gasteiger partial charge in [0.05, 0.1) is 4.92 Å². The minimum Gasteiger partial charge on any atom is -0.461 e. The highest BCUT2D eigenvalue weighted by Crippen LogP contribution is 2.47. The van der Waals surface area contributed by atoms with Crippen molar-refractivity contribution in [1.82, 2.24) is 9.80 Å². The van der Waals surface area contributed by atoms with Crippen molar-refractivity contribution < 1.29 is 14.1 Å². The van der Waals surface area contributed by atoms with E-state index in [-0.39, 0.29) is 16.5 Å². The molecule has 0 radical (unpaired) electrons. The van der Waals surface area contributed by atoms with Gasteiger partial charge < -0.3 is 9.32 Å². The molecule has 1 aromatic carbocycles. The zero-order chi connectivity index (χ0) is 20.4. The van der Waals surface area contributed by atoms with Crippen molar-refractivity contribution >= 4 is 17.7 Å². The standard InChI is InChI=1S/C22H25N3O4/c1-16-13-20(16)21-7-5-19(29-21)6-8-22(26)24-11-9-23(10-12-24)15-17-3-2-4-18(14-17)25(27)28/h2-8,14,16,20H,9-13,15H2,1H3/b8-6+. The molecule has 1 aliphatic heterocycles. The second-order valence-corrected chi connectivity index (χ2v) is 7.92. The summed E-state index contributed by atoms with van der Waals surface area (Å²) in [6.45, 7) is 5.63. The Morgan fingerprint density at radius 1 is 1.24 bits per heavy atom. The number of hydrogen-bond acceptors (Lipinski definition) is 5. The Balaban J connectivity index is 1.26. The highest BCUT2D eigenvalue weighted by molar-refractivity contribution is 5.91. The zero-order valence-corrected chi connectivity index (χ0v) is 16.5. The highest BCUT2D eigenvalue weighted by Gasteiger charge is 2.36. The fourth-order valence-electron chi connectivity index (χ4n) is 3.79. The van der Waals surface area contributed by atoms with E-state index >= 15 is 0 Å². The molecule has 4 rings (SSSR count). The third-order valence-corrected chi connectivity index (χ3v) is 5.72. The molecule has 1 aromatic heterocycles. The Morgan fingerprint density at radius 3 is 2.69 bits per heavy atom. The first-order valence-electron chi connectivity index (χ1n) is 10.0. The summed E-state index contributed by atoms with van der Waals surface area (Å²) in [5.74, 6) is 2.94. The van der Waals surface area contributed by atoms with E-state index in [1.807, 2.05) is 23.1 Å². The van der Waals surface area contributed by atoms with E-state index in [0.29, 0.717) is 31.5 Å². The Morgan fingerprint density at radius 2 is 2.00 bits per heavy atom. The number of carbonyl (C=O) groups excluding carboxylic acids is 1. The molecular weight excluding hydrogens is 370 g/mol. The molecule has 2 fully saturated rings. The number of non-ortho nitro benzene ring substituents is 1. The average molecular weight is 395 g/mol. The number of amides is 1. The summed E-state index contributed by atoms with van der Waals surface area (Å²) in [4.78, 5) is 27.0. The third kappa shape index (κ3) is 4.74. The quantitative estimate of drug-likeness (QED) is 0.424. The number of nitro benzene ring substituents is 1. The van der Waals surface area contributed by atoms with Crippen LogP contribution in [0.2, 0.25) is 0 Å². The van der Waals surface area contributed by atoms with Gasteiger partial charge in [0.15, 0.2) is 0 Å². The van der Waals surface area contributed by atoms with Gasteiger partial charge in [0.1, 0.15) is 11.5 Å². The van der Waals surface area contributed by atoms with Crippen molar-refractivity contribution in [3.63, 3.8) is 0 Å². The molecule has 1 amide bonds. The lowest BCUT2D eigenvalue weighted by Crippen LogP contribution is -2.47. The van der Waals surface area contributed by atoms with Gasteiger partial charge in [-0.1, -0.05) is 19.1 Å². The van der Waals surface area contributed by atoms with Crippen LogP contribution in [0.25, 0.3) is 6.08 Å². The smallest absolute Gasteiger partial charge is 0.269 e. The lowest BCUT2D eigenvalue weighted by atomic mass is 10.1. The van der Waals surface area contributed by atoms with Gasteiger partial charge in [0.2, 0.25) is 5.91 Å². The van der Waals surface area contributed by atoms with Gasteiger partial charge in [0.25, 0.3) is 5.69 Å². The van der Waals surface area contributed by atoms with Crippen LogP contribution >= 0.6 is 0 Å². The summed E-state index contributed by atoms with van der Waals surface area (Å²) in [5, 5.41) is 10.9. The summed E-state index contributed by atoms with van der Waals surface area (Å²) in [7, 11) is 0. The number of furan rings is 1. The minimum absolute atomic E-state index is 0.0160. The van der Waals surface area contributed by atoms with Crippen LogP contribution in [0.4, 0.5) is 5.69 Å². The van der Waals surface area contributed by atoms with E-state index in [9.17, 15) is 14.9 Å². The van der Waals surface area contributed by atoms with Crippen LogP contribution in [0.15, 0.2) is 46.9 Å². The van der Waals surface area contributed by atoms with Crippen LogP contribution in [0, 0.1) is 16.0 Å². The van der Waals surface area contributed by atoms with Crippen LogP contribution in [0.3, 0.4) is 0 Å². The van der Waals surface area contributed by atoms with Crippen LogP contribution in [-0.4, -0.2) is 46.8 Å². The molecule has 152 valence electrons. The Bertz CT molecular complexity index is 928. The number of piperazine rings is 1. The SMILES string of the molecule is CC1CC1c1ccc(/C=C/C(=O)N2CCN(Cc3cccc([N+](=O)[O-])c3)CC2)o1. The molecule has 2 aliphatic rings. The first-order valence-corrected chi connectivity index (χ1v) is 10.0. The molecule has 1 saturated heterocycles. The molecule has 2 unspecified atom stereocenters. The Labute approximate surface area is 169 Å². The molecule has 2 heterocycles. The number of nitro groups is 1. The summed E-state index contributed by atoms with van der Waals surface area (Å²) >= 11 is 0. The Kier molecular flexibility index (Phi) is 5.49. The van der Waals surface area contributed by atoms with E-state index in [1.54, 1.807) is 24.3 Å². The van der Waals surface area contributed by atoms with Gasteiger partial charge >= 0.3 is 0 Å². The molecular formula is C22H25N3O4. The van der Waals surface area contributed by atoms with Crippen LogP contribution < -0.4 is 0 Å². The van der Waals surface area contributed by atoms with E-state index in [4.69, 9.17) is 4.42 Å². The third-order valence-electron chi connectivity index (χ3n) is 5.72. The topological polar surface area (TPSA) is 79.8 Å². The predicted molar refractivity (Wildman–Crippen MR) is 109 cm³/mol. The van der Waals surface area contributed by atoms with E-state index < -0.39 is 0 Å². The number of hydrogen-bond donors (Lipinski definition) is 0. The summed E-state index contributed by atoms with van der Waals surface area (Å²) in [6, 6.07) is 10.6. The average Bonchev–Trinajstić information content (AvgIpc) is 3.26. The van der Waals surface area contributed by atoms with Crippen molar-refractivity contribution in [2.24, 2.45) is 5.92 Å². The molecule has 2 atom stereocenters. The van der Waals surface area contributed by atoms with Crippen LogP contribution in [-0.2, 0) is 11.3 Å². The van der Waals surface area contributed by atoms with Gasteiger partial charge in [-0.2, -0.15) is 0 Å². The maximum atomic E-state index is 12.5. The van der Waals surface area contributed by atoms with Crippen LogP contribution in [0.5, 0.6) is 0 Å². The molecule has 0 bridgehead atoms. The number of rotatable bonds is 6.